The zero-order chi connectivity index (χ0) is 18.1. The summed E-state index contributed by atoms with van der Waals surface area (Å²) in [7, 11) is 0. The predicted molar refractivity (Wildman–Crippen MR) is 104 cm³/mol. The molecule has 0 bridgehead atoms. The first kappa shape index (κ1) is 15.3. The van der Waals surface area contributed by atoms with E-state index in [0.29, 0.717) is 5.95 Å². The number of aromatic amines is 1. The third-order valence-corrected chi connectivity index (χ3v) is 4.24. The zero-order valence-corrected chi connectivity index (χ0v) is 14.2. The van der Waals surface area contributed by atoms with Gasteiger partial charge in [0, 0.05) is 29.8 Å². The van der Waals surface area contributed by atoms with Crippen molar-refractivity contribution in [3.05, 3.63) is 79.5 Å². The average molecular weight is 353 g/mol. The highest BCUT2D eigenvalue weighted by molar-refractivity contribution is 5.80. The van der Waals surface area contributed by atoms with Crippen molar-refractivity contribution in [1.82, 2.24) is 29.7 Å². The van der Waals surface area contributed by atoms with Crippen molar-refractivity contribution in [2.45, 2.75) is 0 Å². The predicted octanol–water partition coefficient (Wildman–Crippen LogP) is 3.95. The Balaban J connectivity index is 1.45. The van der Waals surface area contributed by atoms with Crippen LogP contribution < -0.4 is 5.32 Å². The van der Waals surface area contributed by atoms with Crippen molar-refractivity contribution in [1.29, 1.82) is 0 Å². The Morgan fingerprint density at radius 3 is 2.85 bits per heavy atom. The SMILES string of the molecule is c1cc(Nc2nccc(-c3ccc4nc[nH]c4c3)n2)cc(-n2cccn2)c1. The van der Waals surface area contributed by atoms with E-state index in [-0.39, 0.29) is 0 Å². The molecule has 0 saturated carbocycles. The Labute approximate surface area is 154 Å². The van der Waals surface area contributed by atoms with Gasteiger partial charge >= 0.3 is 0 Å². The lowest BCUT2D eigenvalue weighted by atomic mass is 10.1. The molecule has 0 aliphatic heterocycles. The number of fused-ring (bicyclic) bond motifs is 1. The van der Waals surface area contributed by atoms with Crippen molar-refractivity contribution in [2.75, 3.05) is 5.32 Å². The van der Waals surface area contributed by atoms with Crippen LogP contribution in [-0.4, -0.2) is 29.7 Å². The first-order valence-corrected chi connectivity index (χ1v) is 8.49. The van der Waals surface area contributed by atoms with E-state index < -0.39 is 0 Å². The molecule has 2 N–H and O–H groups in total. The van der Waals surface area contributed by atoms with Gasteiger partial charge in [0.2, 0.25) is 5.95 Å². The van der Waals surface area contributed by atoms with Gasteiger partial charge in [-0.25, -0.2) is 19.6 Å². The molecule has 7 heteroatoms. The van der Waals surface area contributed by atoms with Gasteiger partial charge in [-0.2, -0.15) is 5.10 Å². The van der Waals surface area contributed by atoms with Gasteiger partial charge < -0.3 is 10.3 Å². The Hall–Kier alpha value is -4.00. The number of anilines is 2. The molecule has 0 aliphatic carbocycles. The Bertz CT molecular complexity index is 1210. The van der Waals surface area contributed by atoms with E-state index in [1.807, 2.05) is 65.5 Å². The monoisotopic (exact) mass is 353 g/mol. The van der Waals surface area contributed by atoms with Crippen LogP contribution in [-0.2, 0) is 0 Å². The third kappa shape index (κ3) is 3.02. The molecule has 0 fully saturated rings. The van der Waals surface area contributed by atoms with Gasteiger partial charge in [-0.3, -0.25) is 0 Å². The van der Waals surface area contributed by atoms with Crippen molar-refractivity contribution in [2.24, 2.45) is 0 Å². The molecule has 5 rings (SSSR count). The van der Waals surface area contributed by atoms with Crippen LogP contribution in [0.25, 0.3) is 28.0 Å². The fourth-order valence-corrected chi connectivity index (χ4v) is 2.95. The summed E-state index contributed by atoms with van der Waals surface area (Å²) in [6.07, 6.45) is 7.10. The molecule has 0 spiro atoms. The van der Waals surface area contributed by atoms with Crippen LogP contribution in [0.5, 0.6) is 0 Å². The van der Waals surface area contributed by atoms with Crippen molar-refractivity contribution in [3.8, 4) is 16.9 Å². The normalized spacial score (nSPS) is 11.0. The standard InChI is InChI=1S/C20H15N7/c1-3-15(12-16(4-1)27-10-2-8-24-27)25-20-21-9-7-17(26-20)14-5-6-18-19(11-14)23-13-22-18/h1-13H,(H,22,23)(H,21,25,26). The van der Waals surface area contributed by atoms with Crippen LogP contribution in [0.2, 0.25) is 0 Å². The first-order valence-electron chi connectivity index (χ1n) is 8.49. The number of hydrogen-bond acceptors (Lipinski definition) is 5. The number of imidazole rings is 1. The number of nitrogens with zero attached hydrogens (tertiary/aromatic N) is 5. The van der Waals surface area contributed by atoms with Crippen molar-refractivity contribution < 1.29 is 0 Å². The van der Waals surface area contributed by atoms with Gasteiger partial charge in [0.15, 0.2) is 0 Å². The molecule has 130 valence electrons. The topological polar surface area (TPSA) is 84.3 Å². The largest absolute Gasteiger partial charge is 0.345 e. The number of H-pyrrole nitrogens is 1. The van der Waals surface area contributed by atoms with Crippen LogP contribution in [0.4, 0.5) is 11.6 Å². The minimum atomic E-state index is 0.537. The van der Waals surface area contributed by atoms with E-state index >= 15 is 0 Å². The second kappa shape index (κ2) is 6.38. The average Bonchev–Trinajstić information content (AvgIpc) is 3.40. The van der Waals surface area contributed by atoms with E-state index in [9.17, 15) is 0 Å². The fourth-order valence-electron chi connectivity index (χ4n) is 2.95. The Morgan fingerprint density at radius 1 is 0.926 bits per heavy atom. The van der Waals surface area contributed by atoms with E-state index in [1.54, 1.807) is 18.7 Å². The maximum absolute atomic E-state index is 4.64. The second-order valence-corrected chi connectivity index (χ2v) is 6.03. The number of aromatic nitrogens is 6. The number of rotatable bonds is 4. The number of nitrogens with one attached hydrogen (secondary N) is 2. The molecule has 0 amide bonds. The van der Waals surface area contributed by atoms with Gasteiger partial charge in [0.05, 0.1) is 28.7 Å². The number of hydrogen-bond donors (Lipinski definition) is 2. The maximum Gasteiger partial charge on any atom is 0.227 e. The highest BCUT2D eigenvalue weighted by Gasteiger charge is 2.06. The highest BCUT2D eigenvalue weighted by Crippen LogP contribution is 2.23. The van der Waals surface area contributed by atoms with Gasteiger partial charge in [-0.05, 0) is 42.5 Å². The molecule has 3 heterocycles. The Morgan fingerprint density at radius 2 is 1.93 bits per heavy atom. The molecule has 0 atom stereocenters. The van der Waals surface area contributed by atoms with E-state index in [4.69, 9.17) is 0 Å². The zero-order valence-electron chi connectivity index (χ0n) is 14.2. The lowest BCUT2D eigenvalue weighted by molar-refractivity contribution is 0.881. The molecule has 0 unspecified atom stereocenters. The summed E-state index contributed by atoms with van der Waals surface area (Å²) in [6, 6.07) is 17.7. The van der Waals surface area contributed by atoms with Gasteiger partial charge in [0.25, 0.3) is 0 Å². The third-order valence-electron chi connectivity index (χ3n) is 4.24. The Kier molecular flexibility index (Phi) is 3.61. The smallest absolute Gasteiger partial charge is 0.227 e. The summed E-state index contributed by atoms with van der Waals surface area (Å²) in [4.78, 5) is 16.4. The summed E-state index contributed by atoms with van der Waals surface area (Å²) in [5, 5.41) is 7.52. The minimum Gasteiger partial charge on any atom is -0.345 e. The van der Waals surface area contributed by atoms with Crippen molar-refractivity contribution in [3.63, 3.8) is 0 Å². The molecule has 5 aromatic rings. The van der Waals surface area contributed by atoms with Crippen LogP contribution in [0.15, 0.2) is 79.5 Å². The molecular weight excluding hydrogens is 338 g/mol. The quantitative estimate of drug-likeness (QED) is 0.511. The van der Waals surface area contributed by atoms with Crippen LogP contribution in [0.3, 0.4) is 0 Å². The second-order valence-electron chi connectivity index (χ2n) is 6.03. The molecule has 27 heavy (non-hydrogen) atoms. The molecule has 2 aromatic carbocycles. The summed E-state index contributed by atoms with van der Waals surface area (Å²) in [5.74, 6) is 0.537. The van der Waals surface area contributed by atoms with Gasteiger partial charge in [0.1, 0.15) is 0 Å². The van der Waals surface area contributed by atoms with Crippen LogP contribution in [0.1, 0.15) is 0 Å². The van der Waals surface area contributed by atoms with Crippen LogP contribution >= 0.6 is 0 Å². The van der Waals surface area contributed by atoms with E-state index in [2.05, 4.69) is 30.4 Å². The summed E-state index contributed by atoms with van der Waals surface area (Å²) >= 11 is 0. The van der Waals surface area contributed by atoms with E-state index in [0.717, 1.165) is 33.7 Å². The van der Waals surface area contributed by atoms with E-state index in [1.165, 1.54) is 0 Å². The summed E-state index contributed by atoms with van der Waals surface area (Å²) in [5.41, 5.74) is 5.61. The van der Waals surface area contributed by atoms with Gasteiger partial charge in [-0.1, -0.05) is 12.1 Å². The fraction of sp³-hybridized carbons (Fsp3) is 0. The molecule has 0 aliphatic rings. The lowest BCUT2D eigenvalue weighted by Gasteiger charge is -2.08. The molecule has 7 nitrogen and oxygen atoms in total. The first-order chi connectivity index (χ1) is 13.3. The summed E-state index contributed by atoms with van der Waals surface area (Å²) < 4.78 is 1.81. The minimum absolute atomic E-state index is 0.537. The number of benzene rings is 2. The molecule has 0 radical (unpaired) electrons. The highest BCUT2D eigenvalue weighted by atomic mass is 15.3. The molecule has 0 saturated heterocycles. The lowest BCUT2D eigenvalue weighted by Crippen LogP contribution is -2.00. The molecule has 3 aromatic heterocycles. The summed E-state index contributed by atoms with van der Waals surface area (Å²) in [6.45, 7) is 0. The van der Waals surface area contributed by atoms with Crippen molar-refractivity contribution >= 4 is 22.7 Å². The van der Waals surface area contributed by atoms with Crippen LogP contribution in [0, 0.1) is 0 Å². The van der Waals surface area contributed by atoms with Gasteiger partial charge in [-0.15, -0.1) is 0 Å². The maximum atomic E-state index is 4.64. The molecular formula is C20H15N7.